The Morgan fingerprint density at radius 1 is 1.16 bits per heavy atom. The SMILES string of the molecule is COc1cc([N+](=O)[O-])ccc1-c1ccc(/C=N\N2C(=O)[C@@H]3[C@H](C2=O)[C@@H]2C=C[C@@H]3C23CC3)o1. The van der Waals surface area contributed by atoms with Gasteiger partial charge in [-0.3, -0.25) is 19.7 Å². The zero-order valence-corrected chi connectivity index (χ0v) is 17.1. The van der Waals surface area contributed by atoms with Crippen molar-refractivity contribution in [3.8, 4) is 17.1 Å². The normalized spacial score (nSPS) is 28.8. The minimum Gasteiger partial charge on any atom is -0.496 e. The van der Waals surface area contributed by atoms with Gasteiger partial charge in [0.25, 0.3) is 17.5 Å². The predicted octanol–water partition coefficient (Wildman–Crippen LogP) is 3.39. The van der Waals surface area contributed by atoms with E-state index in [4.69, 9.17) is 9.15 Å². The number of methoxy groups -OCH3 is 1. The van der Waals surface area contributed by atoms with E-state index < -0.39 is 4.92 Å². The number of rotatable bonds is 5. The molecule has 2 amide bonds. The second-order valence-corrected chi connectivity index (χ2v) is 8.80. The first-order valence-corrected chi connectivity index (χ1v) is 10.5. The van der Waals surface area contributed by atoms with Crippen LogP contribution < -0.4 is 4.74 Å². The third kappa shape index (κ3) is 2.41. The van der Waals surface area contributed by atoms with Crippen molar-refractivity contribution in [2.45, 2.75) is 12.8 Å². The number of hydrogen-bond acceptors (Lipinski definition) is 7. The molecule has 6 rings (SSSR count). The molecule has 9 nitrogen and oxygen atoms in total. The third-order valence-electron chi connectivity index (χ3n) is 7.42. The number of allylic oxidation sites excluding steroid dienone is 2. The smallest absolute Gasteiger partial charge is 0.273 e. The average Bonchev–Trinajstić information content (AvgIpc) is 3.08. The summed E-state index contributed by atoms with van der Waals surface area (Å²) in [5.74, 6) is 0.309. The quantitative estimate of drug-likeness (QED) is 0.235. The van der Waals surface area contributed by atoms with Gasteiger partial charge in [-0.1, -0.05) is 12.2 Å². The lowest BCUT2D eigenvalue weighted by atomic mass is 9.85. The highest BCUT2D eigenvalue weighted by atomic mass is 16.6. The van der Waals surface area contributed by atoms with E-state index in [1.165, 1.54) is 25.5 Å². The van der Waals surface area contributed by atoms with Gasteiger partial charge in [-0.25, -0.2) is 0 Å². The number of carbonyl (C=O) groups excluding carboxylic acids is 2. The number of hydrazone groups is 1. The highest BCUT2D eigenvalue weighted by Crippen LogP contribution is 2.73. The van der Waals surface area contributed by atoms with Gasteiger partial charge in [0.05, 0.1) is 41.7 Å². The molecule has 2 bridgehead atoms. The standard InChI is InChI=1S/C23H19N3O6/c1-31-18-10-12(26(29)30)2-4-14(18)17-7-3-13(32-17)11-24-25-21(27)19-15-5-6-16(20(19)22(25)28)23(15)8-9-23/h2-7,10-11,15-16,19-20H,8-9H2,1H3/b24-11-/t15-,16-,19-,20+/m0/s1. The number of nitrogens with zero attached hydrogens (tertiary/aromatic N) is 3. The van der Waals surface area contributed by atoms with E-state index in [2.05, 4.69) is 17.3 Å². The van der Waals surface area contributed by atoms with Gasteiger partial charge in [-0.15, -0.1) is 0 Å². The number of ether oxygens (including phenoxy) is 1. The lowest BCUT2D eigenvalue weighted by Crippen LogP contribution is -2.30. The number of fused-ring (bicyclic) bond motifs is 3. The number of imide groups is 1. The molecule has 1 aromatic heterocycles. The molecule has 0 N–H and O–H groups in total. The maximum Gasteiger partial charge on any atom is 0.273 e. The van der Waals surface area contributed by atoms with E-state index in [0.717, 1.165) is 17.9 Å². The van der Waals surface area contributed by atoms with Crippen molar-refractivity contribution in [3.05, 3.63) is 58.4 Å². The highest BCUT2D eigenvalue weighted by molar-refractivity contribution is 6.07. The minimum atomic E-state index is -0.501. The molecule has 1 spiro atoms. The lowest BCUT2D eigenvalue weighted by molar-refractivity contribution is -0.384. The zero-order chi connectivity index (χ0) is 22.2. The molecule has 2 heterocycles. The number of non-ortho nitro benzene ring substituents is 1. The molecule has 1 saturated heterocycles. The fraction of sp³-hybridized carbons (Fsp3) is 0.348. The van der Waals surface area contributed by atoms with E-state index in [9.17, 15) is 19.7 Å². The van der Waals surface area contributed by atoms with Crippen LogP contribution in [0.3, 0.4) is 0 Å². The predicted molar refractivity (Wildman–Crippen MR) is 112 cm³/mol. The molecule has 3 aliphatic carbocycles. The molecule has 1 aromatic carbocycles. The van der Waals surface area contributed by atoms with Crippen molar-refractivity contribution in [2.75, 3.05) is 7.11 Å². The van der Waals surface area contributed by atoms with Crippen LogP contribution in [-0.4, -0.2) is 35.1 Å². The highest BCUT2D eigenvalue weighted by Gasteiger charge is 2.73. The number of nitro benzene ring substituents is 1. The number of nitro groups is 1. The van der Waals surface area contributed by atoms with Crippen LogP contribution in [-0.2, 0) is 9.59 Å². The summed E-state index contributed by atoms with van der Waals surface area (Å²) in [5.41, 5.74) is 0.598. The zero-order valence-electron chi connectivity index (χ0n) is 17.1. The van der Waals surface area contributed by atoms with Gasteiger partial charge in [-0.2, -0.15) is 10.1 Å². The Morgan fingerprint density at radius 3 is 2.44 bits per heavy atom. The van der Waals surface area contributed by atoms with Crippen LogP contribution in [0.15, 0.2) is 52.0 Å². The lowest BCUT2D eigenvalue weighted by Gasteiger charge is -2.18. The van der Waals surface area contributed by atoms with Gasteiger partial charge in [-0.05, 0) is 48.3 Å². The van der Waals surface area contributed by atoms with Crippen LogP contribution >= 0.6 is 0 Å². The number of amides is 2. The Labute approximate surface area is 182 Å². The number of hydrogen-bond donors (Lipinski definition) is 0. The molecule has 1 aliphatic heterocycles. The molecule has 4 atom stereocenters. The molecular weight excluding hydrogens is 414 g/mol. The van der Waals surface area contributed by atoms with Gasteiger partial charge in [0.15, 0.2) is 0 Å². The first kappa shape index (κ1) is 19.0. The van der Waals surface area contributed by atoms with E-state index in [-0.39, 0.29) is 46.6 Å². The number of furan rings is 1. The summed E-state index contributed by atoms with van der Waals surface area (Å²) >= 11 is 0. The second kappa shape index (κ2) is 6.38. The van der Waals surface area contributed by atoms with Crippen LogP contribution in [0.5, 0.6) is 5.75 Å². The Hall–Kier alpha value is -3.75. The molecule has 32 heavy (non-hydrogen) atoms. The molecule has 162 valence electrons. The topological polar surface area (TPSA) is 115 Å². The van der Waals surface area contributed by atoms with Gasteiger partial charge in [0.1, 0.15) is 17.3 Å². The van der Waals surface area contributed by atoms with Crippen LogP contribution in [0, 0.1) is 39.2 Å². The summed E-state index contributed by atoms with van der Waals surface area (Å²) in [6, 6.07) is 7.55. The average molecular weight is 433 g/mol. The Morgan fingerprint density at radius 2 is 1.84 bits per heavy atom. The summed E-state index contributed by atoms with van der Waals surface area (Å²) in [4.78, 5) is 36.4. The Kier molecular flexibility index (Phi) is 3.78. The molecule has 0 unspecified atom stereocenters. The van der Waals surface area contributed by atoms with Gasteiger partial charge in [0, 0.05) is 6.07 Å². The van der Waals surface area contributed by atoms with Crippen molar-refractivity contribution in [1.29, 1.82) is 0 Å². The summed E-state index contributed by atoms with van der Waals surface area (Å²) < 4.78 is 11.0. The molecule has 9 heteroatoms. The van der Waals surface area contributed by atoms with Crippen LogP contribution in [0.4, 0.5) is 5.69 Å². The fourth-order valence-corrected chi connectivity index (χ4v) is 5.86. The summed E-state index contributed by atoms with van der Waals surface area (Å²) in [5, 5.41) is 16.1. The third-order valence-corrected chi connectivity index (χ3v) is 7.42. The molecule has 2 saturated carbocycles. The van der Waals surface area contributed by atoms with Crippen LogP contribution in [0.1, 0.15) is 18.6 Å². The summed E-state index contributed by atoms with van der Waals surface area (Å²) in [6.07, 6.45) is 7.77. The molecule has 0 radical (unpaired) electrons. The summed E-state index contributed by atoms with van der Waals surface area (Å²) in [7, 11) is 1.42. The largest absolute Gasteiger partial charge is 0.496 e. The van der Waals surface area contributed by atoms with E-state index in [1.54, 1.807) is 18.2 Å². The van der Waals surface area contributed by atoms with Crippen molar-refractivity contribution in [3.63, 3.8) is 0 Å². The van der Waals surface area contributed by atoms with Gasteiger partial charge in [0.2, 0.25) is 0 Å². The van der Waals surface area contributed by atoms with Crippen molar-refractivity contribution in [2.24, 2.45) is 34.2 Å². The van der Waals surface area contributed by atoms with Crippen LogP contribution in [0.2, 0.25) is 0 Å². The van der Waals surface area contributed by atoms with E-state index >= 15 is 0 Å². The molecule has 2 aromatic rings. The first-order chi connectivity index (χ1) is 15.4. The first-order valence-electron chi connectivity index (χ1n) is 10.5. The molecule has 4 aliphatic rings. The number of benzene rings is 1. The molecule has 3 fully saturated rings. The monoisotopic (exact) mass is 433 g/mol. The Balaban J connectivity index is 1.23. The summed E-state index contributed by atoms with van der Waals surface area (Å²) in [6.45, 7) is 0. The van der Waals surface area contributed by atoms with Crippen molar-refractivity contribution < 1.29 is 23.7 Å². The number of carbonyl (C=O) groups is 2. The van der Waals surface area contributed by atoms with E-state index in [0.29, 0.717) is 22.8 Å². The minimum absolute atomic E-state index is 0.0908. The van der Waals surface area contributed by atoms with E-state index in [1.807, 2.05) is 0 Å². The van der Waals surface area contributed by atoms with Crippen molar-refractivity contribution in [1.82, 2.24) is 5.01 Å². The van der Waals surface area contributed by atoms with Gasteiger partial charge < -0.3 is 9.15 Å². The maximum absolute atomic E-state index is 13.0. The fourth-order valence-electron chi connectivity index (χ4n) is 5.86. The second-order valence-electron chi connectivity index (χ2n) is 8.80. The Bertz CT molecular complexity index is 1210. The van der Waals surface area contributed by atoms with Crippen molar-refractivity contribution >= 4 is 23.7 Å². The van der Waals surface area contributed by atoms with Crippen LogP contribution in [0.25, 0.3) is 11.3 Å². The molecular formula is C23H19N3O6. The van der Waals surface area contributed by atoms with Gasteiger partial charge >= 0.3 is 0 Å². The maximum atomic E-state index is 13.0.